The van der Waals surface area contributed by atoms with Crippen LogP contribution in [-0.4, -0.2) is 16.9 Å². The number of pyridine rings is 1. The number of amides is 1. The predicted molar refractivity (Wildman–Crippen MR) is 122 cm³/mol. The van der Waals surface area contributed by atoms with Gasteiger partial charge in [-0.3, -0.25) is 9.78 Å². The zero-order valence-electron chi connectivity index (χ0n) is 17.1. The summed E-state index contributed by atoms with van der Waals surface area (Å²) in [6.45, 7) is 1.70. The Kier molecular flexibility index (Phi) is 6.47. The second kappa shape index (κ2) is 9.25. The van der Waals surface area contributed by atoms with Gasteiger partial charge in [0.15, 0.2) is 0 Å². The van der Waals surface area contributed by atoms with E-state index in [1.54, 1.807) is 19.1 Å². The minimum Gasteiger partial charge on any atom is -0.349 e. The fourth-order valence-electron chi connectivity index (χ4n) is 4.37. The van der Waals surface area contributed by atoms with Gasteiger partial charge in [-0.25, -0.2) is 4.39 Å². The fraction of sp³-hybridized carbons (Fsp3) is 0.360. The average molecular weight is 469 g/mol. The van der Waals surface area contributed by atoms with Crippen molar-refractivity contribution in [3.63, 3.8) is 0 Å². The van der Waals surface area contributed by atoms with Gasteiger partial charge < -0.3 is 5.32 Å². The van der Waals surface area contributed by atoms with Gasteiger partial charge in [0.05, 0.1) is 5.52 Å². The summed E-state index contributed by atoms with van der Waals surface area (Å²) in [7, 11) is 0. The molecular formula is C25H26BrFN2O. The molecule has 3 aromatic rings. The van der Waals surface area contributed by atoms with Crippen LogP contribution in [0.5, 0.6) is 0 Å². The number of nitrogens with zero attached hydrogens (tertiary/aromatic N) is 1. The normalized spacial score (nSPS) is 19.0. The molecule has 1 aromatic heterocycles. The third-order valence-electron chi connectivity index (χ3n) is 6.25. The molecule has 156 valence electrons. The topological polar surface area (TPSA) is 42.0 Å². The first-order chi connectivity index (χ1) is 14.5. The molecule has 0 radical (unpaired) electrons. The summed E-state index contributed by atoms with van der Waals surface area (Å²) in [5.41, 5.74) is 3.32. The number of fused-ring (bicyclic) bond motifs is 1. The third kappa shape index (κ3) is 4.72. The molecule has 1 aliphatic rings. The molecule has 30 heavy (non-hydrogen) atoms. The van der Waals surface area contributed by atoms with Gasteiger partial charge in [0.1, 0.15) is 5.82 Å². The molecule has 4 rings (SSSR count). The highest BCUT2D eigenvalue weighted by Gasteiger charge is 2.23. The van der Waals surface area contributed by atoms with Gasteiger partial charge >= 0.3 is 0 Å². The van der Waals surface area contributed by atoms with Gasteiger partial charge in [0.25, 0.3) is 5.91 Å². The Morgan fingerprint density at radius 2 is 1.97 bits per heavy atom. The quantitative estimate of drug-likeness (QED) is 0.472. The molecule has 0 unspecified atom stereocenters. The van der Waals surface area contributed by atoms with Crippen LogP contribution in [0.25, 0.3) is 10.9 Å². The fourth-order valence-corrected chi connectivity index (χ4v) is 4.84. The molecule has 0 bridgehead atoms. The SMILES string of the molecule is Cc1ccc(C(=O)NC2CCC(CCc3ccnc4c(Br)cccc34)CC2)cc1F. The van der Waals surface area contributed by atoms with Crippen LogP contribution in [0.2, 0.25) is 0 Å². The summed E-state index contributed by atoms with van der Waals surface area (Å²) in [5.74, 6) is 0.165. The highest BCUT2D eigenvalue weighted by Crippen LogP contribution is 2.30. The molecule has 1 amide bonds. The molecule has 1 saturated carbocycles. The molecular weight excluding hydrogens is 443 g/mol. The summed E-state index contributed by atoms with van der Waals surface area (Å²) in [5, 5.41) is 4.31. The van der Waals surface area contributed by atoms with Gasteiger partial charge in [-0.15, -0.1) is 0 Å². The Bertz CT molecular complexity index is 1060. The minimum atomic E-state index is -0.331. The van der Waals surface area contributed by atoms with Crippen molar-refractivity contribution in [2.75, 3.05) is 0 Å². The maximum atomic E-state index is 13.7. The number of para-hydroxylation sites is 1. The number of aryl methyl sites for hydroxylation is 2. The van der Waals surface area contributed by atoms with Crippen LogP contribution in [0.3, 0.4) is 0 Å². The monoisotopic (exact) mass is 468 g/mol. The Morgan fingerprint density at radius 3 is 2.73 bits per heavy atom. The Labute approximate surface area is 185 Å². The van der Waals surface area contributed by atoms with E-state index in [0.717, 1.165) is 48.5 Å². The van der Waals surface area contributed by atoms with Crippen molar-refractivity contribution in [1.82, 2.24) is 10.3 Å². The van der Waals surface area contributed by atoms with E-state index in [4.69, 9.17) is 0 Å². The van der Waals surface area contributed by atoms with Gasteiger partial charge in [-0.05, 0) is 103 Å². The van der Waals surface area contributed by atoms with Crippen molar-refractivity contribution in [1.29, 1.82) is 0 Å². The van der Waals surface area contributed by atoms with Crippen LogP contribution in [0.1, 0.15) is 53.6 Å². The lowest BCUT2D eigenvalue weighted by Crippen LogP contribution is -2.37. The molecule has 2 aromatic carbocycles. The van der Waals surface area contributed by atoms with Crippen LogP contribution >= 0.6 is 15.9 Å². The Hall–Kier alpha value is -2.27. The van der Waals surface area contributed by atoms with E-state index < -0.39 is 0 Å². The molecule has 0 saturated heterocycles. The van der Waals surface area contributed by atoms with Crippen molar-refractivity contribution in [3.8, 4) is 0 Å². The van der Waals surface area contributed by atoms with E-state index in [1.165, 1.54) is 17.0 Å². The van der Waals surface area contributed by atoms with Crippen LogP contribution in [0, 0.1) is 18.7 Å². The molecule has 0 atom stereocenters. The Morgan fingerprint density at radius 1 is 1.17 bits per heavy atom. The summed E-state index contributed by atoms with van der Waals surface area (Å²) in [4.78, 5) is 16.9. The standard InChI is InChI=1S/C25H26BrFN2O/c1-16-5-9-19(15-23(16)27)25(30)29-20-11-7-17(8-12-20)6-10-18-13-14-28-24-21(18)3-2-4-22(24)26/h2-5,9,13-15,17,20H,6-8,10-12H2,1H3,(H,29,30). The molecule has 1 N–H and O–H groups in total. The van der Waals surface area contributed by atoms with E-state index in [2.05, 4.69) is 44.4 Å². The highest BCUT2D eigenvalue weighted by molar-refractivity contribution is 9.10. The molecule has 5 heteroatoms. The number of carbonyl (C=O) groups excluding carboxylic acids is 1. The van der Waals surface area contributed by atoms with Crippen molar-refractivity contribution in [2.45, 2.75) is 51.5 Å². The number of nitrogens with one attached hydrogen (secondary N) is 1. The van der Waals surface area contributed by atoms with Crippen molar-refractivity contribution < 1.29 is 9.18 Å². The first-order valence-corrected chi connectivity index (χ1v) is 11.4. The third-order valence-corrected chi connectivity index (χ3v) is 6.89. The van der Waals surface area contributed by atoms with E-state index in [-0.39, 0.29) is 17.8 Å². The van der Waals surface area contributed by atoms with Crippen LogP contribution in [0.4, 0.5) is 4.39 Å². The highest BCUT2D eigenvalue weighted by atomic mass is 79.9. The molecule has 1 fully saturated rings. The second-order valence-electron chi connectivity index (χ2n) is 8.30. The first-order valence-electron chi connectivity index (χ1n) is 10.6. The van der Waals surface area contributed by atoms with Crippen LogP contribution in [-0.2, 0) is 6.42 Å². The Balaban J connectivity index is 1.29. The summed E-state index contributed by atoms with van der Waals surface area (Å²) in [6.07, 6.45) is 8.26. The molecule has 0 spiro atoms. The predicted octanol–water partition coefficient (Wildman–Crippen LogP) is 6.37. The number of rotatable bonds is 5. The first kappa shape index (κ1) is 21.0. The van der Waals surface area contributed by atoms with E-state index in [9.17, 15) is 9.18 Å². The van der Waals surface area contributed by atoms with Crippen LogP contribution in [0.15, 0.2) is 53.1 Å². The van der Waals surface area contributed by atoms with E-state index in [1.807, 2.05) is 12.3 Å². The lowest BCUT2D eigenvalue weighted by molar-refractivity contribution is 0.0921. The molecule has 1 heterocycles. The largest absolute Gasteiger partial charge is 0.349 e. The average Bonchev–Trinajstić information content (AvgIpc) is 2.75. The van der Waals surface area contributed by atoms with Gasteiger partial charge in [-0.2, -0.15) is 0 Å². The lowest BCUT2D eigenvalue weighted by atomic mass is 9.82. The zero-order valence-corrected chi connectivity index (χ0v) is 18.7. The molecule has 3 nitrogen and oxygen atoms in total. The van der Waals surface area contributed by atoms with Gasteiger partial charge in [0, 0.05) is 27.7 Å². The zero-order chi connectivity index (χ0) is 21.1. The molecule has 1 aliphatic carbocycles. The number of halogens is 2. The van der Waals surface area contributed by atoms with Gasteiger partial charge in [0.2, 0.25) is 0 Å². The summed E-state index contributed by atoms with van der Waals surface area (Å²) in [6, 6.07) is 13.2. The number of hydrogen-bond acceptors (Lipinski definition) is 2. The van der Waals surface area contributed by atoms with Gasteiger partial charge in [-0.1, -0.05) is 18.2 Å². The smallest absolute Gasteiger partial charge is 0.251 e. The maximum absolute atomic E-state index is 13.7. The van der Waals surface area contributed by atoms with Crippen molar-refractivity contribution >= 4 is 32.7 Å². The lowest BCUT2D eigenvalue weighted by Gasteiger charge is -2.29. The van der Waals surface area contributed by atoms with Crippen molar-refractivity contribution in [3.05, 3.63) is 75.6 Å². The number of carbonyl (C=O) groups is 1. The number of aromatic nitrogens is 1. The number of benzene rings is 2. The van der Waals surface area contributed by atoms with Crippen molar-refractivity contribution in [2.24, 2.45) is 5.92 Å². The summed E-state index contributed by atoms with van der Waals surface area (Å²) >= 11 is 3.59. The van der Waals surface area contributed by atoms with Crippen LogP contribution < -0.4 is 5.32 Å². The minimum absolute atomic E-state index is 0.175. The number of hydrogen-bond donors (Lipinski definition) is 1. The van der Waals surface area contributed by atoms with E-state index in [0.29, 0.717) is 17.0 Å². The molecule has 0 aliphatic heterocycles. The second-order valence-corrected chi connectivity index (χ2v) is 9.15. The summed E-state index contributed by atoms with van der Waals surface area (Å²) < 4.78 is 14.8. The maximum Gasteiger partial charge on any atom is 0.251 e. The van der Waals surface area contributed by atoms with E-state index >= 15 is 0 Å².